The quantitative estimate of drug-likeness (QED) is 0.147. The summed E-state index contributed by atoms with van der Waals surface area (Å²) in [5.41, 5.74) is 11.2. The van der Waals surface area contributed by atoms with E-state index in [4.69, 9.17) is 19.6 Å². The number of hydrogen-bond acceptors (Lipinski definition) is 4. The number of fused-ring (bicyclic) bond motifs is 3. The molecule has 3 aromatic heterocycles. The number of methoxy groups -OCH3 is 1. The van der Waals surface area contributed by atoms with E-state index in [9.17, 15) is 0 Å². The largest absolute Gasteiger partial charge is 0.497 e. The molecule has 8 aromatic rings. The summed E-state index contributed by atoms with van der Waals surface area (Å²) >= 11 is 0. The van der Waals surface area contributed by atoms with Gasteiger partial charge in [0.15, 0.2) is 0 Å². The lowest BCUT2D eigenvalue weighted by Crippen LogP contribution is -2.20. The second kappa shape index (κ2) is 14.1. The summed E-state index contributed by atoms with van der Waals surface area (Å²) in [4.78, 5) is 4.74. The molecule has 0 saturated carbocycles. The minimum Gasteiger partial charge on any atom is -0.497 e. The predicted molar refractivity (Wildman–Crippen MR) is 224 cm³/mol. The van der Waals surface area contributed by atoms with Crippen molar-refractivity contribution in [2.24, 2.45) is 11.8 Å². The fourth-order valence-corrected chi connectivity index (χ4v) is 8.85. The van der Waals surface area contributed by atoms with E-state index in [-0.39, 0.29) is 5.92 Å². The van der Waals surface area contributed by atoms with Gasteiger partial charge in [0.05, 0.1) is 35.2 Å². The topological polar surface area (TPSA) is 54.1 Å². The number of rotatable bonds is 8. The maximum Gasteiger partial charge on any atom is 0.141 e. The van der Waals surface area contributed by atoms with Gasteiger partial charge >= 0.3 is 0 Å². The third kappa shape index (κ3) is 6.27. The van der Waals surface area contributed by atoms with E-state index in [1.54, 1.807) is 13.3 Å². The zero-order valence-corrected chi connectivity index (χ0v) is 31.9. The van der Waals surface area contributed by atoms with Crippen molar-refractivity contribution in [2.45, 2.75) is 40.0 Å². The standard InChI is InChI=1S/C49H44N4O2/c1-31-24-33(3)46(34(4)25-31)47-48(35-14-8-6-9-15-35)51-53(49(47)36-16-10-7-11-17-36)37-26-32(2)27-40(28-37)55-39-20-21-42-41-18-12-13-19-43(41)52(44(42)29-39)45-30-38(54-5)22-23-50-45/h6-24,26-31,34,46H,25H2,1-5H3/t31-,34-,46?/m0/s1. The Hall–Kier alpha value is -6.40. The number of aromatic nitrogens is 4. The molecule has 0 fully saturated rings. The van der Waals surface area contributed by atoms with Crippen LogP contribution in [-0.2, 0) is 0 Å². The first-order chi connectivity index (χ1) is 26.9. The first kappa shape index (κ1) is 34.4. The van der Waals surface area contributed by atoms with Crippen molar-refractivity contribution in [1.29, 1.82) is 0 Å². The van der Waals surface area contributed by atoms with Crippen LogP contribution in [0.5, 0.6) is 17.2 Å². The minimum atomic E-state index is 0.230. The van der Waals surface area contributed by atoms with Gasteiger partial charge in [0.2, 0.25) is 0 Å². The summed E-state index contributed by atoms with van der Waals surface area (Å²) < 4.78 is 16.7. The van der Waals surface area contributed by atoms with Gasteiger partial charge in [0, 0.05) is 57.8 Å². The molecule has 0 bridgehead atoms. The molecule has 6 heteroatoms. The van der Waals surface area contributed by atoms with E-state index in [2.05, 4.69) is 164 Å². The summed E-state index contributed by atoms with van der Waals surface area (Å²) in [7, 11) is 1.68. The van der Waals surface area contributed by atoms with Crippen molar-refractivity contribution in [3.05, 3.63) is 162 Å². The number of allylic oxidation sites excluding steroid dienone is 2. The lowest BCUT2D eigenvalue weighted by molar-refractivity contribution is 0.393. The van der Waals surface area contributed by atoms with Crippen LogP contribution in [0.15, 0.2) is 151 Å². The zero-order chi connectivity index (χ0) is 37.6. The number of benzene rings is 5. The molecule has 55 heavy (non-hydrogen) atoms. The molecule has 0 aliphatic heterocycles. The fraction of sp³-hybridized carbons (Fsp3) is 0.184. The highest BCUT2D eigenvalue weighted by atomic mass is 16.5. The molecule has 0 amide bonds. The van der Waals surface area contributed by atoms with Gasteiger partial charge in [0.1, 0.15) is 23.1 Å². The molecule has 0 radical (unpaired) electrons. The lowest BCUT2D eigenvalue weighted by Gasteiger charge is -2.33. The second-order valence-corrected chi connectivity index (χ2v) is 15.0. The van der Waals surface area contributed by atoms with Crippen LogP contribution >= 0.6 is 0 Å². The molecular formula is C49H44N4O2. The number of pyridine rings is 1. The van der Waals surface area contributed by atoms with Crippen molar-refractivity contribution in [3.8, 4) is 51.3 Å². The average Bonchev–Trinajstić information content (AvgIpc) is 3.74. The van der Waals surface area contributed by atoms with Crippen LogP contribution in [0.2, 0.25) is 0 Å². The van der Waals surface area contributed by atoms with Crippen LogP contribution in [0.4, 0.5) is 0 Å². The monoisotopic (exact) mass is 720 g/mol. The molecule has 272 valence electrons. The Morgan fingerprint density at radius 1 is 0.673 bits per heavy atom. The van der Waals surface area contributed by atoms with Gasteiger partial charge in [-0.2, -0.15) is 5.10 Å². The first-order valence-corrected chi connectivity index (χ1v) is 19.1. The lowest BCUT2D eigenvalue weighted by atomic mass is 9.71. The fourth-order valence-electron chi connectivity index (χ4n) is 8.85. The van der Waals surface area contributed by atoms with Gasteiger partial charge in [-0.3, -0.25) is 4.57 Å². The molecule has 0 N–H and O–H groups in total. The molecule has 3 atom stereocenters. The third-order valence-electron chi connectivity index (χ3n) is 11.0. The van der Waals surface area contributed by atoms with Crippen LogP contribution in [0.3, 0.4) is 0 Å². The Morgan fingerprint density at radius 2 is 1.40 bits per heavy atom. The van der Waals surface area contributed by atoms with Gasteiger partial charge in [-0.15, -0.1) is 0 Å². The molecule has 9 rings (SSSR count). The van der Waals surface area contributed by atoms with Crippen LogP contribution in [-0.4, -0.2) is 26.4 Å². The highest BCUT2D eigenvalue weighted by Crippen LogP contribution is 2.48. The Balaban J connectivity index is 1.20. The summed E-state index contributed by atoms with van der Waals surface area (Å²) in [6.45, 7) is 9.15. The summed E-state index contributed by atoms with van der Waals surface area (Å²) in [6, 6.07) is 46.3. The van der Waals surface area contributed by atoms with Crippen molar-refractivity contribution >= 4 is 21.8 Å². The minimum absolute atomic E-state index is 0.230. The molecule has 1 aliphatic carbocycles. The van der Waals surface area contributed by atoms with Gasteiger partial charge in [-0.25, -0.2) is 9.67 Å². The summed E-state index contributed by atoms with van der Waals surface area (Å²) in [6.07, 6.45) is 5.38. The van der Waals surface area contributed by atoms with E-state index in [0.29, 0.717) is 11.8 Å². The van der Waals surface area contributed by atoms with Gasteiger partial charge < -0.3 is 9.47 Å². The van der Waals surface area contributed by atoms with Crippen LogP contribution in [0.25, 0.3) is 55.8 Å². The van der Waals surface area contributed by atoms with Gasteiger partial charge in [-0.05, 0) is 74.1 Å². The van der Waals surface area contributed by atoms with Crippen molar-refractivity contribution in [3.63, 3.8) is 0 Å². The number of para-hydroxylation sites is 1. The second-order valence-electron chi connectivity index (χ2n) is 15.0. The molecule has 0 spiro atoms. The van der Waals surface area contributed by atoms with Crippen molar-refractivity contribution in [1.82, 2.24) is 19.3 Å². The maximum absolute atomic E-state index is 6.78. The first-order valence-electron chi connectivity index (χ1n) is 19.1. The van der Waals surface area contributed by atoms with E-state index >= 15 is 0 Å². The van der Waals surface area contributed by atoms with Crippen molar-refractivity contribution < 1.29 is 9.47 Å². The Bertz CT molecular complexity index is 2710. The molecule has 1 unspecified atom stereocenters. The number of ether oxygens (including phenoxy) is 2. The van der Waals surface area contributed by atoms with Crippen LogP contribution in [0.1, 0.15) is 44.2 Å². The van der Waals surface area contributed by atoms with E-state index < -0.39 is 0 Å². The average molecular weight is 721 g/mol. The van der Waals surface area contributed by atoms with Crippen LogP contribution < -0.4 is 9.47 Å². The summed E-state index contributed by atoms with van der Waals surface area (Å²) in [5, 5.41) is 7.79. The number of hydrogen-bond donors (Lipinski definition) is 0. The highest BCUT2D eigenvalue weighted by molar-refractivity contribution is 6.09. The Kier molecular flexibility index (Phi) is 8.82. The molecular weight excluding hydrogens is 677 g/mol. The molecule has 3 heterocycles. The van der Waals surface area contributed by atoms with Crippen LogP contribution in [0, 0.1) is 18.8 Å². The van der Waals surface area contributed by atoms with Crippen molar-refractivity contribution in [2.75, 3.05) is 7.11 Å². The smallest absolute Gasteiger partial charge is 0.141 e. The molecule has 1 aliphatic rings. The molecule has 0 saturated heterocycles. The van der Waals surface area contributed by atoms with Gasteiger partial charge in [-0.1, -0.05) is 104 Å². The van der Waals surface area contributed by atoms with E-state index in [0.717, 1.165) is 85.1 Å². The number of nitrogens with zero attached hydrogens (tertiary/aromatic N) is 4. The molecule has 5 aromatic carbocycles. The predicted octanol–water partition coefficient (Wildman–Crippen LogP) is 12.5. The van der Waals surface area contributed by atoms with E-state index in [1.807, 2.05) is 12.1 Å². The zero-order valence-electron chi connectivity index (χ0n) is 31.9. The number of aryl methyl sites for hydroxylation is 1. The normalized spacial score (nSPS) is 17.0. The highest BCUT2D eigenvalue weighted by Gasteiger charge is 2.34. The SMILES string of the molecule is COc1ccnc(-n2c3ccccc3c3ccc(Oc4cc(C)cc(-n5nc(-c6ccccc6)c(C6C(C)=C[C@H](C)C[C@@H]6C)c5-c5ccccc5)c4)cc32)c1. The Morgan fingerprint density at radius 3 is 2.16 bits per heavy atom. The molecule has 6 nitrogen and oxygen atoms in total. The third-order valence-corrected chi connectivity index (χ3v) is 11.0. The maximum atomic E-state index is 6.78. The van der Waals surface area contributed by atoms with Gasteiger partial charge in [0.25, 0.3) is 0 Å². The summed E-state index contributed by atoms with van der Waals surface area (Å²) in [5.74, 6) is 4.24. The van der Waals surface area contributed by atoms with E-state index in [1.165, 1.54) is 11.1 Å². The Labute approximate surface area is 322 Å².